The van der Waals surface area contributed by atoms with Gasteiger partial charge in [0.05, 0.1) is 12.2 Å². The summed E-state index contributed by atoms with van der Waals surface area (Å²) in [4.78, 5) is 36.9. The Morgan fingerprint density at radius 3 is 2.44 bits per heavy atom. The molecule has 1 heterocycles. The summed E-state index contributed by atoms with van der Waals surface area (Å²) in [5, 5.41) is 13.5. The van der Waals surface area contributed by atoms with E-state index in [0.29, 0.717) is 5.02 Å². The smallest absolute Gasteiger partial charge is 0.362 e. The lowest BCUT2D eigenvalue weighted by molar-refractivity contribution is 0.0684. The Kier molecular flexibility index (Phi) is 4.96. The van der Waals surface area contributed by atoms with Crippen LogP contribution in [-0.2, 0) is 6.54 Å². The maximum Gasteiger partial charge on any atom is 0.362 e. The van der Waals surface area contributed by atoms with Crippen molar-refractivity contribution in [3.63, 3.8) is 0 Å². The Bertz CT molecular complexity index is 1160. The van der Waals surface area contributed by atoms with Gasteiger partial charge in [0.2, 0.25) is 5.69 Å². The van der Waals surface area contributed by atoms with Crippen LogP contribution in [0.2, 0.25) is 5.02 Å². The minimum absolute atomic E-state index is 0.0628. The number of carboxylic acids is 1. The lowest BCUT2D eigenvalue weighted by atomic mass is 10.1. The highest BCUT2D eigenvalue weighted by atomic mass is 35.5. The van der Waals surface area contributed by atoms with E-state index in [9.17, 15) is 19.5 Å². The number of nitrogens with zero attached hydrogens (tertiary/aromatic N) is 3. The molecule has 0 aliphatic carbocycles. The van der Waals surface area contributed by atoms with Crippen molar-refractivity contribution >= 4 is 17.6 Å². The Balaban J connectivity index is 2.27. The standard InChI is InChI=1S/C19H16ClN3O4/c1-11-5-3-4-6-13(11)10-22-17(24)16(18(25)26)21-23(19(22)27)14-8-7-12(2)15(20)9-14/h3-9H,10H2,1-2H3,(H,25,26). The molecule has 0 saturated carbocycles. The highest BCUT2D eigenvalue weighted by molar-refractivity contribution is 6.31. The maximum absolute atomic E-state index is 12.9. The summed E-state index contributed by atoms with van der Waals surface area (Å²) in [6.45, 7) is 3.58. The molecule has 27 heavy (non-hydrogen) atoms. The zero-order valence-corrected chi connectivity index (χ0v) is 15.4. The van der Waals surface area contributed by atoms with Crippen LogP contribution in [-0.4, -0.2) is 25.4 Å². The highest BCUT2D eigenvalue weighted by Crippen LogP contribution is 2.18. The summed E-state index contributed by atoms with van der Waals surface area (Å²) in [7, 11) is 0. The van der Waals surface area contributed by atoms with Crippen LogP contribution in [0.4, 0.5) is 0 Å². The third-order valence-electron chi connectivity index (χ3n) is 4.25. The van der Waals surface area contributed by atoms with E-state index in [-0.39, 0.29) is 12.2 Å². The first-order valence-corrected chi connectivity index (χ1v) is 8.46. The SMILES string of the molecule is Cc1ccc(-n2nc(C(=O)O)c(=O)n(Cc3ccccc3C)c2=O)cc1Cl. The number of halogens is 1. The average Bonchev–Trinajstić information content (AvgIpc) is 2.62. The van der Waals surface area contributed by atoms with E-state index in [4.69, 9.17) is 11.6 Å². The molecule has 1 N–H and O–H groups in total. The van der Waals surface area contributed by atoms with Crippen molar-refractivity contribution in [3.8, 4) is 5.69 Å². The summed E-state index contributed by atoms with van der Waals surface area (Å²) in [6, 6.07) is 12.0. The van der Waals surface area contributed by atoms with Crippen molar-refractivity contribution in [2.24, 2.45) is 0 Å². The minimum Gasteiger partial charge on any atom is -0.476 e. The van der Waals surface area contributed by atoms with Gasteiger partial charge in [-0.3, -0.25) is 9.36 Å². The first-order chi connectivity index (χ1) is 12.8. The van der Waals surface area contributed by atoms with Crippen LogP contribution < -0.4 is 11.2 Å². The number of aromatic nitrogens is 3. The number of hydrogen-bond acceptors (Lipinski definition) is 4. The van der Waals surface area contributed by atoms with Crippen LogP contribution in [0.5, 0.6) is 0 Å². The molecule has 2 aromatic carbocycles. The summed E-state index contributed by atoms with van der Waals surface area (Å²) in [6.07, 6.45) is 0. The quantitative estimate of drug-likeness (QED) is 0.744. The largest absolute Gasteiger partial charge is 0.476 e. The van der Waals surface area contributed by atoms with Crippen molar-refractivity contribution in [1.82, 2.24) is 14.3 Å². The second-order valence-corrected chi connectivity index (χ2v) is 6.51. The van der Waals surface area contributed by atoms with E-state index in [0.717, 1.165) is 25.9 Å². The van der Waals surface area contributed by atoms with Crippen molar-refractivity contribution in [1.29, 1.82) is 0 Å². The van der Waals surface area contributed by atoms with E-state index < -0.39 is 22.9 Å². The van der Waals surface area contributed by atoms with Gasteiger partial charge in [0.15, 0.2) is 0 Å². The van der Waals surface area contributed by atoms with Gasteiger partial charge < -0.3 is 5.11 Å². The predicted octanol–water partition coefficient (Wildman–Crippen LogP) is 2.41. The van der Waals surface area contributed by atoms with E-state index in [2.05, 4.69) is 5.10 Å². The zero-order chi connectivity index (χ0) is 19.7. The second kappa shape index (κ2) is 7.20. The number of aromatic carboxylic acids is 1. The third kappa shape index (κ3) is 3.54. The van der Waals surface area contributed by atoms with E-state index >= 15 is 0 Å². The highest BCUT2D eigenvalue weighted by Gasteiger charge is 2.20. The van der Waals surface area contributed by atoms with E-state index in [1.54, 1.807) is 31.2 Å². The van der Waals surface area contributed by atoms with Gasteiger partial charge in [-0.05, 0) is 42.7 Å². The third-order valence-corrected chi connectivity index (χ3v) is 4.66. The van der Waals surface area contributed by atoms with Gasteiger partial charge in [0.1, 0.15) is 0 Å². The molecule has 0 saturated heterocycles. The van der Waals surface area contributed by atoms with Gasteiger partial charge >= 0.3 is 11.7 Å². The molecule has 3 aromatic rings. The molecule has 7 nitrogen and oxygen atoms in total. The number of carbonyl (C=O) groups is 1. The first kappa shape index (κ1) is 18.6. The topological polar surface area (TPSA) is 94.2 Å². The Labute approximate surface area is 159 Å². The fraction of sp³-hybridized carbons (Fsp3) is 0.158. The van der Waals surface area contributed by atoms with Crippen LogP contribution >= 0.6 is 11.6 Å². The molecule has 0 aliphatic heterocycles. The van der Waals surface area contributed by atoms with Crippen molar-refractivity contribution in [2.45, 2.75) is 20.4 Å². The van der Waals surface area contributed by atoms with Crippen molar-refractivity contribution < 1.29 is 9.90 Å². The van der Waals surface area contributed by atoms with Gasteiger partial charge in [0, 0.05) is 5.02 Å². The summed E-state index contributed by atoms with van der Waals surface area (Å²) in [5.74, 6) is -1.51. The fourth-order valence-electron chi connectivity index (χ4n) is 2.63. The Hall–Kier alpha value is -3.19. The number of carboxylic acid groups (broad SMARTS) is 1. The summed E-state index contributed by atoms with van der Waals surface area (Å²) < 4.78 is 1.75. The Morgan fingerprint density at radius 2 is 1.81 bits per heavy atom. The average molecular weight is 386 g/mol. The van der Waals surface area contributed by atoms with Crippen LogP contribution in [0.15, 0.2) is 52.1 Å². The number of hydrogen-bond donors (Lipinski definition) is 1. The second-order valence-electron chi connectivity index (χ2n) is 6.10. The normalized spacial score (nSPS) is 10.8. The van der Waals surface area contributed by atoms with Crippen LogP contribution in [0, 0.1) is 13.8 Å². The van der Waals surface area contributed by atoms with E-state index in [1.807, 2.05) is 19.1 Å². The molecule has 0 atom stereocenters. The number of benzene rings is 2. The lowest BCUT2D eigenvalue weighted by Gasteiger charge is -2.12. The molecule has 0 spiro atoms. The zero-order valence-electron chi connectivity index (χ0n) is 14.6. The molecule has 0 amide bonds. The van der Waals surface area contributed by atoms with Gasteiger partial charge in [-0.15, -0.1) is 0 Å². The molecule has 0 radical (unpaired) electrons. The number of aryl methyl sites for hydroxylation is 2. The lowest BCUT2D eigenvalue weighted by Crippen LogP contribution is -2.44. The van der Waals surface area contributed by atoms with Crippen molar-refractivity contribution in [2.75, 3.05) is 0 Å². The first-order valence-electron chi connectivity index (χ1n) is 8.08. The molecule has 0 fully saturated rings. The monoisotopic (exact) mass is 385 g/mol. The van der Waals surface area contributed by atoms with Gasteiger partial charge in [-0.25, -0.2) is 9.59 Å². The summed E-state index contributed by atoms with van der Waals surface area (Å²) in [5.41, 5.74) is 0.241. The molecule has 1 aromatic heterocycles. The molecule has 138 valence electrons. The molecule has 0 bridgehead atoms. The minimum atomic E-state index is -1.51. The molecular formula is C19H16ClN3O4. The maximum atomic E-state index is 12.9. The summed E-state index contributed by atoms with van der Waals surface area (Å²) >= 11 is 6.11. The van der Waals surface area contributed by atoms with Crippen molar-refractivity contribution in [3.05, 3.63) is 90.7 Å². The van der Waals surface area contributed by atoms with Crippen LogP contribution in [0.3, 0.4) is 0 Å². The fourth-order valence-corrected chi connectivity index (χ4v) is 2.80. The van der Waals surface area contributed by atoms with Gasteiger partial charge in [0.25, 0.3) is 5.56 Å². The molecule has 0 unspecified atom stereocenters. The van der Waals surface area contributed by atoms with Gasteiger partial charge in [-0.2, -0.15) is 9.78 Å². The predicted molar refractivity (Wildman–Crippen MR) is 101 cm³/mol. The van der Waals surface area contributed by atoms with Crippen LogP contribution in [0.1, 0.15) is 27.2 Å². The van der Waals surface area contributed by atoms with Gasteiger partial charge in [-0.1, -0.05) is 41.9 Å². The molecule has 8 heteroatoms. The number of rotatable bonds is 4. The molecule has 0 aliphatic rings. The van der Waals surface area contributed by atoms with E-state index in [1.165, 1.54) is 6.07 Å². The molecular weight excluding hydrogens is 370 g/mol. The van der Waals surface area contributed by atoms with Crippen LogP contribution in [0.25, 0.3) is 5.69 Å². The Morgan fingerprint density at radius 1 is 1.11 bits per heavy atom. The molecule has 3 rings (SSSR count).